The van der Waals surface area contributed by atoms with Crippen molar-refractivity contribution in [2.75, 3.05) is 32.7 Å². The highest BCUT2D eigenvalue weighted by atomic mass is 16.4. The molecule has 0 amide bonds. The Kier molecular flexibility index (Phi) is 3.81. The first-order valence-corrected chi connectivity index (χ1v) is 7.39. The molecule has 1 aliphatic carbocycles. The summed E-state index contributed by atoms with van der Waals surface area (Å²) in [4.78, 5) is 15.9. The quantitative estimate of drug-likeness (QED) is 0.890. The van der Waals surface area contributed by atoms with Gasteiger partial charge in [0.05, 0.1) is 6.54 Å². The van der Waals surface area contributed by atoms with Gasteiger partial charge in [-0.15, -0.1) is 0 Å². The van der Waals surface area contributed by atoms with Crippen LogP contribution in [0.25, 0.3) is 0 Å². The average Bonchev–Trinajstić information content (AvgIpc) is 3.14. The lowest BCUT2D eigenvalue weighted by Crippen LogP contribution is -2.46. The summed E-state index contributed by atoms with van der Waals surface area (Å²) in [6.45, 7) is 7.98. The summed E-state index contributed by atoms with van der Waals surface area (Å²) in [5.74, 6) is 1.30. The van der Waals surface area contributed by atoms with E-state index in [2.05, 4.69) is 9.80 Å². The molecule has 5 heteroatoms. The molecule has 0 radical (unpaired) electrons. The first-order chi connectivity index (χ1) is 9.61. The molecule has 2 heterocycles. The van der Waals surface area contributed by atoms with Gasteiger partial charge in [0.15, 0.2) is 0 Å². The van der Waals surface area contributed by atoms with E-state index in [0.29, 0.717) is 12.3 Å². The van der Waals surface area contributed by atoms with Crippen LogP contribution in [0.15, 0.2) is 10.5 Å². The summed E-state index contributed by atoms with van der Waals surface area (Å²) >= 11 is 0. The minimum absolute atomic E-state index is 0.285. The zero-order valence-corrected chi connectivity index (χ0v) is 12.0. The van der Waals surface area contributed by atoms with E-state index in [4.69, 9.17) is 9.52 Å². The number of rotatable bonds is 5. The molecular formula is C15H22N2O3. The second kappa shape index (κ2) is 5.58. The SMILES string of the molecule is Cc1oc(CN2CCN(CC3CC3)CC2)cc1C(=O)O. The lowest BCUT2D eigenvalue weighted by molar-refractivity contribution is 0.0695. The highest BCUT2D eigenvalue weighted by Gasteiger charge is 2.26. The molecule has 5 nitrogen and oxygen atoms in total. The minimum atomic E-state index is -0.910. The van der Waals surface area contributed by atoms with Gasteiger partial charge in [-0.25, -0.2) is 4.79 Å². The van der Waals surface area contributed by atoms with E-state index in [9.17, 15) is 4.79 Å². The number of nitrogens with zero attached hydrogens (tertiary/aromatic N) is 2. The van der Waals surface area contributed by atoms with E-state index in [0.717, 1.165) is 37.9 Å². The minimum Gasteiger partial charge on any atom is -0.478 e. The second-order valence-corrected chi connectivity index (χ2v) is 6.01. The molecule has 1 N–H and O–H groups in total. The maximum absolute atomic E-state index is 11.0. The predicted molar refractivity (Wildman–Crippen MR) is 74.8 cm³/mol. The number of furan rings is 1. The van der Waals surface area contributed by atoms with Gasteiger partial charge in [-0.05, 0) is 31.7 Å². The molecule has 3 rings (SSSR count). The summed E-state index contributed by atoms with van der Waals surface area (Å²) in [6.07, 6.45) is 2.81. The van der Waals surface area contributed by atoms with Gasteiger partial charge in [0.25, 0.3) is 0 Å². The number of hydrogen-bond acceptors (Lipinski definition) is 4. The maximum atomic E-state index is 11.0. The molecule has 110 valence electrons. The Bertz CT molecular complexity index is 485. The molecule has 1 aromatic heterocycles. The van der Waals surface area contributed by atoms with Gasteiger partial charge in [-0.2, -0.15) is 0 Å². The third-order valence-corrected chi connectivity index (χ3v) is 4.26. The Morgan fingerprint density at radius 2 is 1.95 bits per heavy atom. The fraction of sp³-hybridized carbons (Fsp3) is 0.667. The predicted octanol–water partition coefficient (Wildman–Crippen LogP) is 1.81. The summed E-state index contributed by atoms with van der Waals surface area (Å²) in [6, 6.07) is 1.66. The smallest absolute Gasteiger partial charge is 0.339 e. The normalized spacial score (nSPS) is 21.2. The zero-order valence-electron chi connectivity index (χ0n) is 12.0. The second-order valence-electron chi connectivity index (χ2n) is 6.01. The average molecular weight is 278 g/mol. The number of aryl methyl sites for hydroxylation is 1. The fourth-order valence-corrected chi connectivity index (χ4v) is 2.85. The van der Waals surface area contributed by atoms with Crippen molar-refractivity contribution in [3.05, 3.63) is 23.2 Å². The van der Waals surface area contributed by atoms with Crippen LogP contribution in [-0.4, -0.2) is 53.6 Å². The van der Waals surface area contributed by atoms with Crippen molar-refractivity contribution in [2.24, 2.45) is 5.92 Å². The molecule has 1 aromatic rings. The topological polar surface area (TPSA) is 56.9 Å². The molecule has 1 aliphatic heterocycles. The van der Waals surface area contributed by atoms with Crippen LogP contribution in [0.4, 0.5) is 0 Å². The Labute approximate surface area is 119 Å². The molecule has 2 aliphatic rings. The monoisotopic (exact) mass is 278 g/mol. The first kappa shape index (κ1) is 13.6. The van der Waals surface area contributed by atoms with Crippen molar-refractivity contribution < 1.29 is 14.3 Å². The maximum Gasteiger partial charge on any atom is 0.339 e. The van der Waals surface area contributed by atoms with Gasteiger partial charge in [0, 0.05) is 32.7 Å². The van der Waals surface area contributed by atoms with Gasteiger partial charge >= 0.3 is 5.97 Å². The van der Waals surface area contributed by atoms with Crippen molar-refractivity contribution in [1.29, 1.82) is 0 Å². The van der Waals surface area contributed by atoms with E-state index in [1.54, 1.807) is 13.0 Å². The summed E-state index contributed by atoms with van der Waals surface area (Å²) < 4.78 is 5.54. The number of carboxylic acids is 1. The Morgan fingerprint density at radius 1 is 1.30 bits per heavy atom. The van der Waals surface area contributed by atoms with Crippen molar-refractivity contribution in [2.45, 2.75) is 26.3 Å². The summed E-state index contributed by atoms with van der Waals surface area (Å²) in [5, 5.41) is 9.03. The van der Waals surface area contributed by atoms with Gasteiger partial charge in [-0.3, -0.25) is 4.90 Å². The number of aromatic carboxylic acids is 1. The summed E-state index contributed by atoms with van der Waals surface area (Å²) in [5.41, 5.74) is 0.285. The third-order valence-electron chi connectivity index (χ3n) is 4.26. The van der Waals surface area contributed by atoms with Crippen molar-refractivity contribution in [3.63, 3.8) is 0 Å². The standard InChI is InChI=1S/C15H22N2O3/c1-11-14(15(18)19)8-13(20-11)10-17-6-4-16(5-7-17)9-12-2-3-12/h8,12H,2-7,9-10H2,1H3,(H,18,19). The molecule has 0 unspecified atom stereocenters. The number of carbonyl (C=O) groups is 1. The zero-order chi connectivity index (χ0) is 14.1. The van der Waals surface area contributed by atoms with Crippen molar-refractivity contribution in [3.8, 4) is 0 Å². The van der Waals surface area contributed by atoms with Crippen molar-refractivity contribution in [1.82, 2.24) is 9.80 Å². The Balaban J connectivity index is 1.51. The van der Waals surface area contributed by atoms with E-state index in [-0.39, 0.29) is 5.56 Å². The van der Waals surface area contributed by atoms with Crippen LogP contribution >= 0.6 is 0 Å². The highest BCUT2D eigenvalue weighted by molar-refractivity contribution is 5.88. The van der Waals surface area contributed by atoms with E-state index in [1.807, 2.05) is 0 Å². The van der Waals surface area contributed by atoms with Gasteiger partial charge < -0.3 is 14.4 Å². The Hall–Kier alpha value is -1.33. The van der Waals surface area contributed by atoms with Crippen LogP contribution in [0.2, 0.25) is 0 Å². The molecule has 0 atom stereocenters. The third kappa shape index (κ3) is 3.22. The number of carboxylic acid groups (broad SMARTS) is 1. The van der Waals surface area contributed by atoms with E-state index >= 15 is 0 Å². The van der Waals surface area contributed by atoms with Crippen LogP contribution in [0.5, 0.6) is 0 Å². The number of piperazine rings is 1. The molecule has 0 bridgehead atoms. The molecule has 0 aromatic carbocycles. The Morgan fingerprint density at radius 3 is 2.50 bits per heavy atom. The van der Waals surface area contributed by atoms with Gasteiger partial charge in [0.1, 0.15) is 17.1 Å². The highest BCUT2D eigenvalue weighted by Crippen LogP contribution is 2.30. The lowest BCUT2D eigenvalue weighted by Gasteiger charge is -2.34. The fourth-order valence-electron chi connectivity index (χ4n) is 2.85. The van der Waals surface area contributed by atoms with Crippen molar-refractivity contribution >= 4 is 5.97 Å². The van der Waals surface area contributed by atoms with Crippen LogP contribution < -0.4 is 0 Å². The van der Waals surface area contributed by atoms with E-state index < -0.39 is 5.97 Å². The largest absolute Gasteiger partial charge is 0.478 e. The molecule has 0 spiro atoms. The molecular weight excluding hydrogens is 256 g/mol. The number of hydrogen-bond donors (Lipinski definition) is 1. The summed E-state index contributed by atoms with van der Waals surface area (Å²) in [7, 11) is 0. The van der Waals surface area contributed by atoms with Crippen LogP contribution in [0, 0.1) is 12.8 Å². The van der Waals surface area contributed by atoms with Crippen LogP contribution in [-0.2, 0) is 6.54 Å². The van der Waals surface area contributed by atoms with E-state index in [1.165, 1.54) is 19.4 Å². The molecule has 2 fully saturated rings. The molecule has 1 saturated carbocycles. The lowest BCUT2D eigenvalue weighted by atomic mass is 10.2. The molecule has 1 saturated heterocycles. The van der Waals surface area contributed by atoms with Gasteiger partial charge in [-0.1, -0.05) is 0 Å². The first-order valence-electron chi connectivity index (χ1n) is 7.39. The van der Waals surface area contributed by atoms with Crippen LogP contribution in [0.3, 0.4) is 0 Å². The van der Waals surface area contributed by atoms with Gasteiger partial charge in [0.2, 0.25) is 0 Å². The van der Waals surface area contributed by atoms with Crippen LogP contribution in [0.1, 0.15) is 34.7 Å². The molecule has 20 heavy (non-hydrogen) atoms.